The number of rotatable bonds is 7. The number of ether oxygens (including phenoxy) is 1. The first kappa shape index (κ1) is 17.9. The normalized spacial score (nSPS) is 20.5. The number of hydrogen-bond acceptors (Lipinski definition) is 6. The van der Waals surface area contributed by atoms with Crippen LogP contribution in [-0.4, -0.2) is 32.4 Å². The lowest BCUT2D eigenvalue weighted by Crippen LogP contribution is -2.16. The number of hydrogen-bond donors (Lipinski definition) is 0. The fourth-order valence-electron chi connectivity index (χ4n) is 3.59. The van der Waals surface area contributed by atoms with E-state index in [2.05, 4.69) is 45.9 Å². The van der Waals surface area contributed by atoms with Crippen LogP contribution >= 0.6 is 11.8 Å². The van der Waals surface area contributed by atoms with Gasteiger partial charge in [-0.05, 0) is 38.2 Å². The summed E-state index contributed by atoms with van der Waals surface area (Å²) in [6, 6.07) is 10.4. The monoisotopic (exact) mass is 396 g/mol. The van der Waals surface area contributed by atoms with Gasteiger partial charge >= 0.3 is 0 Å². The smallest absolute Gasteiger partial charge is 0.239 e. The molecule has 2 fully saturated rings. The Labute approximate surface area is 168 Å². The van der Waals surface area contributed by atoms with E-state index in [0.29, 0.717) is 11.8 Å². The molecule has 2 aromatic heterocycles. The molecule has 1 saturated carbocycles. The third kappa shape index (κ3) is 3.73. The van der Waals surface area contributed by atoms with Crippen LogP contribution in [0.2, 0.25) is 0 Å². The van der Waals surface area contributed by atoms with E-state index in [9.17, 15) is 0 Å². The predicted molar refractivity (Wildman–Crippen MR) is 107 cm³/mol. The van der Waals surface area contributed by atoms with E-state index in [1.807, 2.05) is 12.3 Å². The summed E-state index contributed by atoms with van der Waals surface area (Å²) in [7, 11) is 0. The maximum Gasteiger partial charge on any atom is 0.239 e. The second-order valence-corrected chi connectivity index (χ2v) is 8.87. The minimum atomic E-state index is 0.0502. The molecule has 0 N–H and O–H groups in total. The van der Waals surface area contributed by atoms with Crippen molar-refractivity contribution in [3.8, 4) is 11.3 Å². The second-order valence-electron chi connectivity index (χ2n) is 7.56. The fraction of sp³-hybridized carbons (Fsp3) is 0.476. The molecule has 1 aliphatic carbocycles. The zero-order valence-electron chi connectivity index (χ0n) is 16.0. The van der Waals surface area contributed by atoms with Crippen molar-refractivity contribution in [1.29, 1.82) is 0 Å². The maximum atomic E-state index is 5.90. The van der Waals surface area contributed by atoms with E-state index >= 15 is 0 Å². The van der Waals surface area contributed by atoms with Gasteiger partial charge in [-0.2, -0.15) is 4.98 Å². The molecule has 3 heterocycles. The average molecular weight is 397 g/mol. The summed E-state index contributed by atoms with van der Waals surface area (Å²) in [6.45, 7) is 3.77. The van der Waals surface area contributed by atoms with Crippen molar-refractivity contribution in [3.63, 3.8) is 0 Å². The minimum absolute atomic E-state index is 0.0502. The van der Waals surface area contributed by atoms with Crippen molar-refractivity contribution in [2.45, 2.75) is 61.6 Å². The van der Waals surface area contributed by atoms with Crippen molar-refractivity contribution < 1.29 is 9.26 Å². The highest BCUT2D eigenvalue weighted by atomic mass is 32.2. The van der Waals surface area contributed by atoms with E-state index in [0.717, 1.165) is 42.7 Å². The molecule has 0 radical (unpaired) electrons. The van der Waals surface area contributed by atoms with Crippen molar-refractivity contribution in [3.05, 3.63) is 48.2 Å². The molecule has 5 rings (SSSR count). The Hall–Kier alpha value is -2.12. The van der Waals surface area contributed by atoms with Gasteiger partial charge in [-0.3, -0.25) is 0 Å². The maximum absolute atomic E-state index is 5.90. The standard InChI is InChI=1S/C21H24N4O2S/c1-14(20-23-19(24-27-20)16-9-10-16)28-21-22-12-18(15-6-3-2-4-7-15)25(21)13-17-8-5-11-26-17/h2-4,6-7,12,14,16-17H,5,8-11,13H2,1H3. The Balaban J connectivity index is 1.41. The lowest BCUT2D eigenvalue weighted by atomic mass is 10.1. The molecular formula is C21H24N4O2S. The Kier molecular flexibility index (Phi) is 4.94. The molecule has 1 saturated heterocycles. The van der Waals surface area contributed by atoms with E-state index in [1.165, 1.54) is 18.4 Å². The number of aromatic nitrogens is 4. The van der Waals surface area contributed by atoms with Crippen LogP contribution in [0.5, 0.6) is 0 Å². The van der Waals surface area contributed by atoms with Crippen molar-refractivity contribution >= 4 is 11.8 Å². The van der Waals surface area contributed by atoms with Crippen LogP contribution in [0.1, 0.15) is 55.5 Å². The van der Waals surface area contributed by atoms with Crippen LogP contribution in [0.4, 0.5) is 0 Å². The van der Waals surface area contributed by atoms with Crippen molar-refractivity contribution in [2.75, 3.05) is 6.61 Å². The molecule has 6 nitrogen and oxygen atoms in total. The molecule has 28 heavy (non-hydrogen) atoms. The van der Waals surface area contributed by atoms with Gasteiger partial charge in [0.15, 0.2) is 11.0 Å². The van der Waals surface area contributed by atoms with Gasteiger partial charge in [0.05, 0.1) is 29.8 Å². The van der Waals surface area contributed by atoms with Crippen LogP contribution in [0, 0.1) is 0 Å². The van der Waals surface area contributed by atoms with E-state index in [4.69, 9.17) is 14.2 Å². The largest absolute Gasteiger partial charge is 0.376 e. The van der Waals surface area contributed by atoms with Gasteiger partial charge < -0.3 is 13.8 Å². The van der Waals surface area contributed by atoms with E-state index in [1.54, 1.807) is 11.8 Å². The number of thioether (sulfide) groups is 1. The molecular weight excluding hydrogens is 372 g/mol. The molecule has 0 bridgehead atoms. The third-order valence-electron chi connectivity index (χ3n) is 5.33. The quantitative estimate of drug-likeness (QED) is 0.532. The molecule has 146 valence electrons. The highest BCUT2D eigenvalue weighted by molar-refractivity contribution is 7.99. The highest BCUT2D eigenvalue weighted by Crippen LogP contribution is 2.40. The van der Waals surface area contributed by atoms with Crippen LogP contribution in [-0.2, 0) is 11.3 Å². The lowest BCUT2D eigenvalue weighted by Gasteiger charge is -2.17. The third-order valence-corrected chi connectivity index (χ3v) is 6.42. The summed E-state index contributed by atoms with van der Waals surface area (Å²) in [5.74, 6) is 2.04. The highest BCUT2D eigenvalue weighted by Gasteiger charge is 2.30. The van der Waals surface area contributed by atoms with Gasteiger partial charge in [-0.25, -0.2) is 4.98 Å². The number of nitrogens with zero attached hydrogens (tertiary/aromatic N) is 4. The Morgan fingerprint density at radius 1 is 1.21 bits per heavy atom. The molecule has 7 heteroatoms. The Morgan fingerprint density at radius 2 is 2.07 bits per heavy atom. The van der Waals surface area contributed by atoms with Crippen molar-refractivity contribution in [2.24, 2.45) is 0 Å². The SMILES string of the molecule is CC(Sc1ncc(-c2ccccc2)n1CC1CCCO1)c1nc(C2CC2)no1. The summed E-state index contributed by atoms with van der Waals surface area (Å²) in [5.41, 5.74) is 2.29. The van der Waals surface area contributed by atoms with Crippen LogP contribution < -0.4 is 0 Å². The minimum Gasteiger partial charge on any atom is -0.376 e. The zero-order valence-corrected chi connectivity index (χ0v) is 16.8. The molecule has 0 spiro atoms. The van der Waals surface area contributed by atoms with Crippen LogP contribution in [0.25, 0.3) is 11.3 Å². The summed E-state index contributed by atoms with van der Waals surface area (Å²) in [5, 5.41) is 5.17. The second kappa shape index (κ2) is 7.72. The van der Waals surface area contributed by atoms with Gasteiger partial charge in [-0.1, -0.05) is 47.3 Å². The van der Waals surface area contributed by atoms with Crippen LogP contribution in [0.3, 0.4) is 0 Å². The van der Waals surface area contributed by atoms with Gasteiger partial charge in [0.1, 0.15) is 0 Å². The topological polar surface area (TPSA) is 66.0 Å². The van der Waals surface area contributed by atoms with Gasteiger partial charge in [0.2, 0.25) is 5.89 Å². The molecule has 2 unspecified atom stereocenters. The number of benzene rings is 1. The van der Waals surface area contributed by atoms with Gasteiger partial charge in [0, 0.05) is 12.5 Å². The first-order chi connectivity index (χ1) is 13.8. The predicted octanol–water partition coefficient (Wildman–Crippen LogP) is 4.84. The molecule has 1 aromatic carbocycles. The van der Waals surface area contributed by atoms with Gasteiger partial charge in [0.25, 0.3) is 0 Å². The van der Waals surface area contributed by atoms with Crippen molar-refractivity contribution in [1.82, 2.24) is 19.7 Å². The molecule has 2 atom stereocenters. The van der Waals surface area contributed by atoms with Crippen LogP contribution in [0.15, 0.2) is 46.2 Å². The number of imidazole rings is 1. The van der Waals surface area contributed by atoms with Gasteiger partial charge in [-0.15, -0.1) is 0 Å². The average Bonchev–Trinajstić information content (AvgIpc) is 3.12. The summed E-state index contributed by atoms with van der Waals surface area (Å²) < 4.78 is 13.7. The Bertz CT molecular complexity index is 929. The Morgan fingerprint density at radius 3 is 2.82 bits per heavy atom. The molecule has 0 amide bonds. The van der Waals surface area contributed by atoms with E-state index < -0.39 is 0 Å². The zero-order chi connectivity index (χ0) is 18.9. The summed E-state index contributed by atoms with van der Waals surface area (Å²) in [6.07, 6.45) is 6.78. The molecule has 1 aliphatic heterocycles. The fourth-order valence-corrected chi connectivity index (χ4v) is 4.52. The first-order valence-corrected chi connectivity index (χ1v) is 10.9. The molecule has 2 aliphatic rings. The summed E-state index contributed by atoms with van der Waals surface area (Å²) in [4.78, 5) is 9.34. The summed E-state index contributed by atoms with van der Waals surface area (Å²) >= 11 is 1.67. The lowest BCUT2D eigenvalue weighted by molar-refractivity contribution is 0.0953. The first-order valence-electron chi connectivity index (χ1n) is 10.0. The molecule has 3 aromatic rings. The van der Waals surface area contributed by atoms with E-state index in [-0.39, 0.29) is 11.4 Å².